The minimum absolute atomic E-state index is 0.257. The second kappa shape index (κ2) is 5.68. The van der Waals surface area contributed by atoms with Crippen LogP contribution in [-0.2, 0) is 0 Å². The molecule has 2 heterocycles. The molecule has 0 bridgehead atoms. The van der Waals surface area contributed by atoms with Gasteiger partial charge in [0.2, 0.25) is 5.16 Å². The monoisotopic (exact) mass is 305 g/mol. The number of nitrogen functional groups attached to an aromatic ring is 1. The molecule has 8 nitrogen and oxygen atoms in total. The third-order valence-electron chi connectivity index (χ3n) is 3.50. The summed E-state index contributed by atoms with van der Waals surface area (Å²) in [5.74, 6) is -0.577. The van der Waals surface area contributed by atoms with Crippen LogP contribution in [0.4, 0.5) is 5.69 Å². The summed E-state index contributed by atoms with van der Waals surface area (Å²) in [6.45, 7) is 0. The first-order valence-corrected chi connectivity index (χ1v) is 7.48. The van der Waals surface area contributed by atoms with Gasteiger partial charge in [-0.1, -0.05) is 12.8 Å². The topological polar surface area (TPSA) is 126 Å². The number of tetrazole rings is 1. The number of carbonyl (C=O) groups excluding carboxylic acids is 1. The first kappa shape index (κ1) is 13.8. The highest BCUT2D eigenvalue weighted by molar-refractivity contribution is 7.99. The van der Waals surface area contributed by atoms with Gasteiger partial charge in [0.15, 0.2) is 0 Å². The molecule has 1 aliphatic carbocycles. The fourth-order valence-corrected chi connectivity index (χ4v) is 3.27. The Bertz CT molecular complexity index is 665. The van der Waals surface area contributed by atoms with Crippen LogP contribution in [0.2, 0.25) is 0 Å². The average Bonchev–Trinajstić information content (AvgIpc) is 3.11. The number of amides is 1. The van der Waals surface area contributed by atoms with Crippen LogP contribution in [0, 0.1) is 0 Å². The van der Waals surface area contributed by atoms with E-state index in [-0.39, 0.29) is 11.3 Å². The van der Waals surface area contributed by atoms with Crippen LogP contribution in [0.25, 0.3) is 0 Å². The predicted octanol–water partition coefficient (Wildman–Crippen LogP) is 1.02. The molecule has 1 saturated carbocycles. The molecule has 0 spiro atoms. The van der Waals surface area contributed by atoms with Gasteiger partial charge in [-0.15, -0.1) is 5.10 Å². The van der Waals surface area contributed by atoms with E-state index < -0.39 is 5.91 Å². The molecular weight excluding hydrogens is 290 g/mol. The van der Waals surface area contributed by atoms with Crippen molar-refractivity contribution < 1.29 is 4.79 Å². The van der Waals surface area contributed by atoms with E-state index in [4.69, 9.17) is 11.5 Å². The summed E-state index contributed by atoms with van der Waals surface area (Å²) < 4.78 is 1.83. The molecule has 4 N–H and O–H groups in total. The fourth-order valence-electron chi connectivity index (χ4n) is 2.44. The van der Waals surface area contributed by atoms with E-state index in [1.165, 1.54) is 30.8 Å². The Kier molecular flexibility index (Phi) is 3.74. The van der Waals surface area contributed by atoms with Crippen molar-refractivity contribution in [3.05, 3.63) is 17.8 Å². The lowest BCUT2D eigenvalue weighted by molar-refractivity contribution is 0.100. The van der Waals surface area contributed by atoms with Gasteiger partial charge in [0, 0.05) is 0 Å². The number of aromatic nitrogens is 5. The number of hydrogen-bond acceptors (Lipinski definition) is 7. The van der Waals surface area contributed by atoms with Crippen LogP contribution in [-0.4, -0.2) is 31.1 Å². The largest absolute Gasteiger partial charge is 0.397 e. The van der Waals surface area contributed by atoms with E-state index >= 15 is 0 Å². The third-order valence-corrected chi connectivity index (χ3v) is 4.39. The highest BCUT2D eigenvalue weighted by Crippen LogP contribution is 2.33. The van der Waals surface area contributed by atoms with Gasteiger partial charge in [-0.05, 0) is 41.1 Å². The minimum atomic E-state index is -0.577. The van der Waals surface area contributed by atoms with Gasteiger partial charge in [0.05, 0.1) is 23.5 Å². The zero-order valence-electron chi connectivity index (χ0n) is 11.3. The first-order valence-electron chi connectivity index (χ1n) is 6.66. The third kappa shape index (κ3) is 2.82. The number of nitrogens with two attached hydrogens (primary N) is 2. The molecule has 21 heavy (non-hydrogen) atoms. The molecule has 110 valence electrons. The van der Waals surface area contributed by atoms with Crippen LogP contribution in [0.1, 0.15) is 42.1 Å². The SMILES string of the molecule is NC(=O)c1cc(Sc2nnnn2C2CCCC2)ncc1N. The molecule has 3 rings (SSSR count). The molecular formula is C12H15N7OS. The molecule has 2 aromatic heterocycles. The standard InChI is InChI=1S/C12H15N7OS/c13-9-6-15-10(5-8(9)11(14)20)21-12-16-17-18-19(12)7-3-1-2-4-7/h5-7H,1-4,13H2,(H2,14,20). The van der Waals surface area contributed by atoms with E-state index in [9.17, 15) is 4.79 Å². The zero-order valence-corrected chi connectivity index (χ0v) is 12.1. The summed E-state index contributed by atoms with van der Waals surface area (Å²) in [4.78, 5) is 15.5. The van der Waals surface area contributed by atoms with Gasteiger partial charge in [-0.25, -0.2) is 9.67 Å². The van der Waals surface area contributed by atoms with Crippen molar-refractivity contribution in [3.8, 4) is 0 Å². The maximum Gasteiger partial charge on any atom is 0.250 e. The van der Waals surface area contributed by atoms with E-state index in [0.29, 0.717) is 16.2 Å². The summed E-state index contributed by atoms with van der Waals surface area (Å²) in [6.07, 6.45) is 5.98. The smallest absolute Gasteiger partial charge is 0.250 e. The predicted molar refractivity (Wildman–Crippen MR) is 76.6 cm³/mol. The Morgan fingerprint density at radius 1 is 1.38 bits per heavy atom. The molecule has 0 radical (unpaired) electrons. The number of nitrogens with zero attached hydrogens (tertiary/aromatic N) is 5. The first-order chi connectivity index (χ1) is 10.1. The maximum atomic E-state index is 11.3. The Hall–Kier alpha value is -2.16. The molecule has 0 aromatic carbocycles. The van der Waals surface area contributed by atoms with E-state index in [0.717, 1.165) is 12.8 Å². The van der Waals surface area contributed by atoms with Crippen molar-refractivity contribution in [2.24, 2.45) is 5.73 Å². The molecule has 1 amide bonds. The van der Waals surface area contributed by atoms with Crippen LogP contribution in [0.5, 0.6) is 0 Å². The minimum Gasteiger partial charge on any atom is -0.397 e. The van der Waals surface area contributed by atoms with E-state index in [1.54, 1.807) is 6.07 Å². The van der Waals surface area contributed by atoms with Gasteiger partial charge in [-0.2, -0.15) is 0 Å². The average molecular weight is 305 g/mol. The van der Waals surface area contributed by atoms with E-state index in [1.807, 2.05) is 4.68 Å². The van der Waals surface area contributed by atoms with Crippen LogP contribution < -0.4 is 11.5 Å². The summed E-state index contributed by atoms with van der Waals surface area (Å²) in [5.41, 5.74) is 11.5. The molecule has 1 aliphatic rings. The molecule has 0 saturated heterocycles. The number of carbonyl (C=O) groups is 1. The quantitative estimate of drug-likeness (QED) is 0.863. The molecule has 0 atom stereocenters. The highest BCUT2D eigenvalue weighted by Gasteiger charge is 2.22. The van der Waals surface area contributed by atoms with Gasteiger partial charge in [0.25, 0.3) is 5.91 Å². The fraction of sp³-hybridized carbons (Fsp3) is 0.417. The number of anilines is 1. The lowest BCUT2D eigenvalue weighted by Gasteiger charge is -2.10. The number of primary amides is 1. The summed E-state index contributed by atoms with van der Waals surface area (Å²) >= 11 is 1.30. The Morgan fingerprint density at radius 2 is 2.14 bits per heavy atom. The van der Waals surface area contributed by atoms with Crippen molar-refractivity contribution >= 4 is 23.4 Å². The highest BCUT2D eigenvalue weighted by atomic mass is 32.2. The Labute approximate surface area is 125 Å². The summed E-state index contributed by atoms with van der Waals surface area (Å²) in [7, 11) is 0. The number of hydrogen-bond donors (Lipinski definition) is 2. The van der Waals surface area contributed by atoms with Gasteiger partial charge in [0.1, 0.15) is 5.03 Å². The molecule has 1 fully saturated rings. The van der Waals surface area contributed by atoms with Crippen LogP contribution in [0.3, 0.4) is 0 Å². The second-order valence-electron chi connectivity index (χ2n) is 4.92. The van der Waals surface area contributed by atoms with Crippen molar-refractivity contribution in [1.82, 2.24) is 25.2 Å². The van der Waals surface area contributed by atoms with Crippen molar-refractivity contribution in [3.63, 3.8) is 0 Å². The Morgan fingerprint density at radius 3 is 2.86 bits per heavy atom. The summed E-state index contributed by atoms with van der Waals surface area (Å²) in [5, 5.41) is 13.1. The maximum absolute atomic E-state index is 11.3. The number of rotatable bonds is 4. The van der Waals surface area contributed by atoms with Crippen molar-refractivity contribution in [2.45, 2.75) is 41.9 Å². The molecule has 0 unspecified atom stereocenters. The van der Waals surface area contributed by atoms with Crippen molar-refractivity contribution in [2.75, 3.05) is 5.73 Å². The molecule has 9 heteroatoms. The lowest BCUT2D eigenvalue weighted by atomic mass is 10.2. The Balaban J connectivity index is 1.85. The van der Waals surface area contributed by atoms with Gasteiger partial charge in [-0.3, -0.25) is 4.79 Å². The van der Waals surface area contributed by atoms with Crippen LogP contribution >= 0.6 is 11.8 Å². The molecule has 0 aliphatic heterocycles. The van der Waals surface area contributed by atoms with Gasteiger partial charge >= 0.3 is 0 Å². The second-order valence-corrected chi connectivity index (χ2v) is 5.91. The summed E-state index contributed by atoms with van der Waals surface area (Å²) in [6, 6.07) is 1.91. The lowest BCUT2D eigenvalue weighted by Crippen LogP contribution is -2.14. The normalized spacial score (nSPS) is 15.4. The molecule has 2 aromatic rings. The van der Waals surface area contributed by atoms with E-state index in [2.05, 4.69) is 20.5 Å². The van der Waals surface area contributed by atoms with Crippen LogP contribution in [0.15, 0.2) is 22.4 Å². The zero-order chi connectivity index (χ0) is 14.8. The van der Waals surface area contributed by atoms with Gasteiger partial charge < -0.3 is 11.5 Å². The van der Waals surface area contributed by atoms with Crippen molar-refractivity contribution in [1.29, 1.82) is 0 Å². The number of pyridine rings is 1.